The number of halogens is 1. The van der Waals surface area contributed by atoms with Crippen molar-refractivity contribution in [1.82, 2.24) is 4.98 Å². The van der Waals surface area contributed by atoms with E-state index in [0.29, 0.717) is 22.4 Å². The maximum atomic E-state index is 13.6. The summed E-state index contributed by atoms with van der Waals surface area (Å²) in [4.78, 5) is 16.8. The lowest BCUT2D eigenvalue weighted by atomic mass is 9.79. The normalized spacial score (nSPS) is 18.9. The van der Waals surface area contributed by atoms with E-state index in [1.54, 1.807) is 42.6 Å². The van der Waals surface area contributed by atoms with Crippen molar-refractivity contribution in [3.8, 4) is 0 Å². The molecular formula is C22H15FN2O2. The number of nitrogens with zero attached hydrogens (tertiary/aromatic N) is 1. The fourth-order valence-corrected chi connectivity index (χ4v) is 4.03. The maximum Gasteiger partial charge on any atom is 0.202 e. The number of fused-ring (bicyclic) bond motifs is 2. The number of carbonyl (C=O) groups excluding carboxylic acids is 1. The molecule has 1 aliphatic rings. The summed E-state index contributed by atoms with van der Waals surface area (Å²) in [6.07, 6.45) is 1.74. The van der Waals surface area contributed by atoms with Crippen molar-refractivity contribution in [2.45, 2.75) is 5.54 Å². The van der Waals surface area contributed by atoms with Gasteiger partial charge in [-0.1, -0.05) is 42.5 Å². The van der Waals surface area contributed by atoms with Crippen molar-refractivity contribution >= 4 is 22.4 Å². The number of para-hydroxylation sites is 2. The second-order valence-corrected chi connectivity index (χ2v) is 6.62. The minimum absolute atomic E-state index is 0.253. The average molecular weight is 358 g/mol. The minimum atomic E-state index is -1.49. The molecule has 0 amide bonds. The van der Waals surface area contributed by atoms with Crippen LogP contribution in [-0.4, -0.2) is 16.0 Å². The standard InChI is InChI=1S/C22H15FN2O2/c23-15-11-9-14(10-12-15)22(18-13-24-19-7-3-1-5-16(18)19)21(26)17-6-2-4-8-20(17)25(22)27/h1-13,24,27H/t22-/m0/s1. The maximum absolute atomic E-state index is 13.6. The quantitative estimate of drug-likeness (QED) is 0.549. The van der Waals surface area contributed by atoms with Crippen molar-refractivity contribution in [1.29, 1.82) is 0 Å². The molecule has 0 fully saturated rings. The number of benzene rings is 3. The highest BCUT2D eigenvalue weighted by atomic mass is 19.1. The Morgan fingerprint density at radius 1 is 0.926 bits per heavy atom. The molecule has 0 saturated heterocycles. The lowest BCUT2D eigenvalue weighted by Gasteiger charge is -2.34. The predicted molar refractivity (Wildman–Crippen MR) is 101 cm³/mol. The van der Waals surface area contributed by atoms with E-state index < -0.39 is 11.4 Å². The van der Waals surface area contributed by atoms with E-state index in [0.717, 1.165) is 16.0 Å². The zero-order valence-electron chi connectivity index (χ0n) is 14.2. The summed E-state index contributed by atoms with van der Waals surface area (Å²) in [6.45, 7) is 0. The molecule has 0 spiro atoms. The van der Waals surface area contributed by atoms with Crippen LogP contribution in [0.5, 0.6) is 0 Å². The molecule has 1 aliphatic heterocycles. The van der Waals surface area contributed by atoms with Gasteiger partial charge in [-0.05, 0) is 35.9 Å². The molecule has 3 aromatic carbocycles. The van der Waals surface area contributed by atoms with E-state index in [2.05, 4.69) is 4.98 Å². The highest BCUT2D eigenvalue weighted by Crippen LogP contribution is 2.49. The van der Waals surface area contributed by atoms with Crippen molar-refractivity contribution in [3.63, 3.8) is 0 Å². The molecule has 1 atom stereocenters. The molecule has 1 aromatic heterocycles. The molecular weight excluding hydrogens is 343 g/mol. The number of nitrogens with one attached hydrogen (secondary N) is 1. The van der Waals surface area contributed by atoms with Crippen LogP contribution in [0.3, 0.4) is 0 Å². The molecule has 0 bridgehead atoms. The molecule has 5 heteroatoms. The summed E-state index contributed by atoms with van der Waals surface area (Å²) in [7, 11) is 0. The number of hydroxylamine groups is 1. The highest BCUT2D eigenvalue weighted by Gasteiger charge is 2.55. The first kappa shape index (κ1) is 15.8. The third-order valence-electron chi connectivity index (χ3n) is 5.26. The Morgan fingerprint density at radius 2 is 1.63 bits per heavy atom. The van der Waals surface area contributed by atoms with E-state index in [1.807, 2.05) is 24.3 Å². The zero-order valence-corrected chi connectivity index (χ0v) is 14.2. The van der Waals surface area contributed by atoms with Gasteiger partial charge in [0.05, 0.1) is 5.69 Å². The van der Waals surface area contributed by atoms with Crippen LogP contribution in [0.15, 0.2) is 79.0 Å². The van der Waals surface area contributed by atoms with Crippen molar-refractivity contribution in [3.05, 3.63) is 102 Å². The number of Topliss-reactive ketones (excluding diaryl/α,β-unsaturated/α-hetero) is 1. The summed E-state index contributed by atoms with van der Waals surface area (Å²) in [5, 5.41) is 13.0. The highest BCUT2D eigenvalue weighted by molar-refractivity contribution is 6.17. The molecule has 4 nitrogen and oxygen atoms in total. The third kappa shape index (κ3) is 1.97. The molecule has 0 unspecified atom stereocenters. The predicted octanol–water partition coefficient (Wildman–Crippen LogP) is 4.64. The number of hydrogen-bond donors (Lipinski definition) is 2. The number of ketones is 1. The van der Waals surface area contributed by atoms with Gasteiger partial charge in [-0.2, -0.15) is 0 Å². The third-order valence-corrected chi connectivity index (χ3v) is 5.26. The summed E-state index contributed by atoms with van der Waals surface area (Å²) >= 11 is 0. The van der Waals surface area contributed by atoms with E-state index in [4.69, 9.17) is 0 Å². The number of hydrogen-bond acceptors (Lipinski definition) is 3. The van der Waals surface area contributed by atoms with Gasteiger partial charge in [0, 0.05) is 28.2 Å². The molecule has 27 heavy (non-hydrogen) atoms. The number of aromatic nitrogens is 1. The second kappa shape index (κ2) is 5.53. The van der Waals surface area contributed by atoms with E-state index in [9.17, 15) is 14.4 Å². The van der Waals surface area contributed by atoms with E-state index in [1.165, 1.54) is 12.1 Å². The molecule has 5 rings (SSSR count). The van der Waals surface area contributed by atoms with Gasteiger partial charge in [0.1, 0.15) is 5.82 Å². The number of anilines is 1. The topological polar surface area (TPSA) is 56.3 Å². The Bertz CT molecular complexity index is 1180. The first-order valence-electron chi connectivity index (χ1n) is 8.59. The van der Waals surface area contributed by atoms with Crippen LogP contribution in [0.1, 0.15) is 21.5 Å². The Hall–Kier alpha value is -3.44. The smallest absolute Gasteiger partial charge is 0.202 e. The van der Waals surface area contributed by atoms with Crippen LogP contribution in [0.4, 0.5) is 10.1 Å². The van der Waals surface area contributed by atoms with Gasteiger partial charge in [0.25, 0.3) is 0 Å². The second-order valence-electron chi connectivity index (χ2n) is 6.62. The molecule has 4 aromatic rings. The molecule has 2 heterocycles. The summed E-state index contributed by atoms with van der Waals surface area (Å²) in [6, 6.07) is 20.2. The van der Waals surface area contributed by atoms with Crippen molar-refractivity contribution < 1.29 is 14.4 Å². The van der Waals surface area contributed by atoms with Crippen LogP contribution < -0.4 is 5.06 Å². The van der Waals surface area contributed by atoms with Crippen LogP contribution in [0, 0.1) is 5.82 Å². The van der Waals surface area contributed by atoms with Crippen LogP contribution in [0.2, 0.25) is 0 Å². The lowest BCUT2D eigenvalue weighted by Crippen LogP contribution is -2.47. The van der Waals surface area contributed by atoms with Crippen molar-refractivity contribution in [2.75, 3.05) is 5.06 Å². The van der Waals surface area contributed by atoms with Crippen LogP contribution in [-0.2, 0) is 5.54 Å². The molecule has 0 aliphatic carbocycles. The lowest BCUT2D eigenvalue weighted by molar-refractivity contribution is 0.0846. The first-order valence-corrected chi connectivity index (χ1v) is 8.59. The van der Waals surface area contributed by atoms with Gasteiger partial charge >= 0.3 is 0 Å². The molecule has 0 radical (unpaired) electrons. The Balaban J connectivity index is 1.88. The average Bonchev–Trinajstić information content (AvgIpc) is 3.22. The Labute approximate surface area is 154 Å². The zero-order chi connectivity index (χ0) is 18.6. The van der Waals surface area contributed by atoms with Crippen molar-refractivity contribution in [2.24, 2.45) is 0 Å². The molecule has 2 N–H and O–H groups in total. The van der Waals surface area contributed by atoms with Gasteiger partial charge in [-0.25, -0.2) is 9.45 Å². The summed E-state index contributed by atoms with van der Waals surface area (Å²) in [5.74, 6) is -0.655. The van der Waals surface area contributed by atoms with Gasteiger partial charge < -0.3 is 4.98 Å². The Kier molecular flexibility index (Phi) is 3.23. The summed E-state index contributed by atoms with van der Waals surface area (Å²) in [5.41, 5.74) is 1.33. The minimum Gasteiger partial charge on any atom is -0.361 e. The van der Waals surface area contributed by atoms with Gasteiger partial charge in [-0.3, -0.25) is 10.0 Å². The fraction of sp³-hybridized carbons (Fsp3) is 0.0455. The summed E-state index contributed by atoms with van der Waals surface area (Å²) < 4.78 is 13.6. The first-order chi connectivity index (χ1) is 13.1. The van der Waals surface area contributed by atoms with Gasteiger partial charge in [0.2, 0.25) is 5.78 Å². The Morgan fingerprint density at radius 3 is 2.41 bits per heavy atom. The van der Waals surface area contributed by atoms with Crippen LogP contribution in [0.25, 0.3) is 10.9 Å². The monoisotopic (exact) mass is 358 g/mol. The fourth-order valence-electron chi connectivity index (χ4n) is 4.03. The van der Waals surface area contributed by atoms with Gasteiger partial charge in [0.15, 0.2) is 5.54 Å². The molecule has 0 saturated carbocycles. The SMILES string of the molecule is O=C1c2ccccc2N(O)[C@@]1(c1ccc(F)cc1)c1c[nH]c2ccccc12. The van der Waals surface area contributed by atoms with Gasteiger partial charge in [-0.15, -0.1) is 0 Å². The molecule has 132 valence electrons. The number of aromatic amines is 1. The number of H-pyrrole nitrogens is 1. The largest absolute Gasteiger partial charge is 0.361 e. The van der Waals surface area contributed by atoms with E-state index >= 15 is 0 Å². The van der Waals surface area contributed by atoms with Crippen LogP contribution >= 0.6 is 0 Å². The number of carbonyl (C=O) groups is 1. The van der Waals surface area contributed by atoms with E-state index in [-0.39, 0.29) is 5.78 Å². The number of rotatable bonds is 2.